The molecule has 28 valence electrons. The van der Waals surface area contributed by atoms with Crippen molar-refractivity contribution in [1.82, 2.24) is 0 Å². The Bertz CT molecular complexity index is 44.9. The molecule has 0 aliphatic carbocycles. The molecule has 0 saturated carbocycles. The van der Waals surface area contributed by atoms with Crippen LogP contribution in [0, 0.1) is 0 Å². The molecule has 0 atom stereocenters. The first-order chi connectivity index (χ1) is 2.50. The second-order valence-electron chi connectivity index (χ2n) is 0.753. The molecule has 0 aromatic carbocycles. The van der Waals surface area contributed by atoms with Gasteiger partial charge in [0.25, 0.3) is 0 Å². The summed E-state index contributed by atoms with van der Waals surface area (Å²) in [6.45, 7) is 0. The van der Waals surface area contributed by atoms with Gasteiger partial charge in [0.2, 0.25) is 0 Å². The molecule has 0 aromatic heterocycles. The van der Waals surface area contributed by atoms with E-state index in [1.54, 1.807) is 0 Å². The number of hydrogen-bond acceptors (Lipinski definition) is 1. The minimum absolute atomic E-state index is 0.806. The van der Waals surface area contributed by atoms with E-state index >= 15 is 0 Å². The monoisotopic (exact) mass is 152 g/mol. The predicted octanol–water partition coefficient (Wildman–Crippen LogP) is 0.866. The standard InChI is InChI=1S/C3H4SSe/c1-2-4-5-3-1/h1,3H,2H2. The van der Waals surface area contributed by atoms with Crippen LogP contribution in [0.25, 0.3) is 0 Å². The molecule has 0 saturated heterocycles. The Hall–Kier alpha value is 0.609. The molecule has 0 bridgehead atoms. The third-order valence-corrected chi connectivity index (χ3v) is 3.78. The zero-order chi connectivity index (χ0) is 3.54. The molecule has 0 unspecified atom stereocenters. The van der Waals surface area contributed by atoms with Crippen molar-refractivity contribution in [2.24, 2.45) is 0 Å². The van der Waals surface area contributed by atoms with Gasteiger partial charge in [0, 0.05) is 0 Å². The first-order valence-electron chi connectivity index (χ1n) is 1.43. The van der Waals surface area contributed by atoms with E-state index in [0.29, 0.717) is 0 Å². The van der Waals surface area contributed by atoms with Gasteiger partial charge >= 0.3 is 40.8 Å². The van der Waals surface area contributed by atoms with Gasteiger partial charge in [0.15, 0.2) is 0 Å². The third-order valence-electron chi connectivity index (χ3n) is 0.384. The summed E-state index contributed by atoms with van der Waals surface area (Å²) in [6.07, 6.45) is 2.23. The summed E-state index contributed by atoms with van der Waals surface area (Å²) in [5.41, 5.74) is 0. The van der Waals surface area contributed by atoms with Crippen LogP contribution >= 0.6 is 10.2 Å². The van der Waals surface area contributed by atoms with Crippen LogP contribution in [-0.2, 0) is 0 Å². The van der Waals surface area contributed by atoms with Gasteiger partial charge in [-0.2, -0.15) is 0 Å². The molecule has 0 radical (unpaired) electrons. The van der Waals surface area contributed by atoms with Gasteiger partial charge in [-0.1, -0.05) is 0 Å². The van der Waals surface area contributed by atoms with Crippen LogP contribution in [0.2, 0.25) is 0 Å². The van der Waals surface area contributed by atoms with Gasteiger partial charge in [-0.15, -0.1) is 0 Å². The molecule has 1 heterocycles. The Labute approximate surface area is 41.2 Å². The molecule has 1 rings (SSSR count). The number of hydrogen-bond donors (Lipinski definition) is 0. The SMILES string of the molecule is C1=C[Se]SC1. The van der Waals surface area contributed by atoms with E-state index in [-0.39, 0.29) is 0 Å². The molecule has 1 aliphatic heterocycles. The molecular formula is C3H4SSe. The van der Waals surface area contributed by atoms with Gasteiger partial charge < -0.3 is 0 Å². The van der Waals surface area contributed by atoms with Gasteiger partial charge in [-0.3, -0.25) is 0 Å². The summed E-state index contributed by atoms with van der Waals surface area (Å²) in [5, 5.41) is 0. The zero-order valence-corrected chi connectivity index (χ0v) is 5.21. The fourth-order valence-corrected chi connectivity index (χ4v) is 3.06. The summed E-state index contributed by atoms with van der Waals surface area (Å²) >= 11 is 0.806. The maximum atomic E-state index is 2.26. The van der Waals surface area contributed by atoms with E-state index < -0.39 is 0 Å². The third kappa shape index (κ3) is 0.998. The quantitative estimate of drug-likeness (QED) is 0.463. The van der Waals surface area contributed by atoms with Crippen molar-refractivity contribution in [2.75, 3.05) is 5.75 Å². The topological polar surface area (TPSA) is 0 Å². The fourth-order valence-electron chi connectivity index (χ4n) is 0.196. The number of rotatable bonds is 0. The Morgan fingerprint density at radius 1 is 1.80 bits per heavy atom. The van der Waals surface area contributed by atoms with E-state index in [2.05, 4.69) is 11.1 Å². The molecule has 2 heteroatoms. The van der Waals surface area contributed by atoms with Crippen LogP contribution in [0.4, 0.5) is 0 Å². The molecule has 0 N–H and O–H groups in total. The van der Waals surface area contributed by atoms with Gasteiger partial charge in [0.05, 0.1) is 0 Å². The molecule has 5 heavy (non-hydrogen) atoms. The zero-order valence-electron chi connectivity index (χ0n) is 2.68. The summed E-state index contributed by atoms with van der Waals surface area (Å²) in [4.78, 5) is 2.26. The summed E-state index contributed by atoms with van der Waals surface area (Å²) in [5.74, 6) is 1.26. The Kier molecular flexibility index (Phi) is 1.45. The molecule has 0 nitrogen and oxygen atoms in total. The van der Waals surface area contributed by atoms with Crippen molar-refractivity contribution in [3.8, 4) is 0 Å². The van der Waals surface area contributed by atoms with Crippen LogP contribution in [0.15, 0.2) is 11.1 Å². The molecule has 0 fully saturated rings. The summed E-state index contributed by atoms with van der Waals surface area (Å²) in [7, 11) is 2.03. The fraction of sp³-hybridized carbons (Fsp3) is 0.333. The van der Waals surface area contributed by atoms with Crippen molar-refractivity contribution in [2.45, 2.75) is 0 Å². The molecule has 0 amide bonds. The van der Waals surface area contributed by atoms with Crippen LogP contribution in [0.1, 0.15) is 0 Å². The van der Waals surface area contributed by atoms with Crippen LogP contribution in [0.5, 0.6) is 0 Å². The van der Waals surface area contributed by atoms with Crippen LogP contribution in [0.3, 0.4) is 0 Å². The second-order valence-corrected chi connectivity index (χ2v) is 4.78. The summed E-state index contributed by atoms with van der Waals surface area (Å²) < 4.78 is 0. The van der Waals surface area contributed by atoms with Crippen molar-refractivity contribution >= 4 is 24.0 Å². The van der Waals surface area contributed by atoms with Crippen molar-refractivity contribution in [3.05, 3.63) is 11.1 Å². The average molecular weight is 151 g/mol. The second kappa shape index (κ2) is 1.91. The molecule has 1 aliphatic rings. The molecule has 0 spiro atoms. The molecule has 0 aromatic rings. The van der Waals surface area contributed by atoms with E-state index in [1.165, 1.54) is 5.75 Å². The maximum absolute atomic E-state index is 2.26. The van der Waals surface area contributed by atoms with Crippen molar-refractivity contribution < 1.29 is 0 Å². The first-order valence-corrected chi connectivity index (χ1v) is 5.43. The van der Waals surface area contributed by atoms with E-state index in [9.17, 15) is 0 Å². The normalized spacial score (nSPS) is 20.8. The van der Waals surface area contributed by atoms with Crippen LogP contribution in [-0.4, -0.2) is 19.6 Å². The Morgan fingerprint density at radius 2 is 2.80 bits per heavy atom. The van der Waals surface area contributed by atoms with Crippen molar-refractivity contribution in [3.63, 3.8) is 0 Å². The first kappa shape index (κ1) is 3.79. The van der Waals surface area contributed by atoms with E-state index in [0.717, 1.165) is 13.8 Å². The summed E-state index contributed by atoms with van der Waals surface area (Å²) in [6, 6.07) is 0. The van der Waals surface area contributed by atoms with Gasteiger partial charge in [-0.25, -0.2) is 0 Å². The average Bonchev–Trinajstić information content (AvgIpc) is 1.76. The van der Waals surface area contributed by atoms with E-state index in [1.807, 2.05) is 10.2 Å². The Morgan fingerprint density at radius 3 is 3.00 bits per heavy atom. The van der Waals surface area contributed by atoms with Crippen molar-refractivity contribution in [1.29, 1.82) is 0 Å². The van der Waals surface area contributed by atoms with Crippen LogP contribution < -0.4 is 0 Å². The van der Waals surface area contributed by atoms with Gasteiger partial charge in [0.1, 0.15) is 0 Å². The predicted molar refractivity (Wildman–Crippen MR) is 27.4 cm³/mol. The minimum atomic E-state index is 0.806. The van der Waals surface area contributed by atoms with Gasteiger partial charge in [-0.05, 0) is 0 Å². The molecular weight excluding hydrogens is 147 g/mol. The Balaban J connectivity index is 2.32. The van der Waals surface area contributed by atoms with E-state index in [4.69, 9.17) is 0 Å².